The molecule has 0 radical (unpaired) electrons. The lowest BCUT2D eigenvalue weighted by Crippen LogP contribution is -2.02. The lowest BCUT2D eigenvalue weighted by Gasteiger charge is -2.05. The molecular weight excluding hydrogens is 291 g/mol. The minimum Gasteiger partial charge on any atom is -0.397 e. The molecule has 0 atom stereocenters. The first kappa shape index (κ1) is 10.1. The number of nitriles is 1. The van der Waals surface area contributed by atoms with E-state index in [1.807, 2.05) is 0 Å². The minimum absolute atomic E-state index is 0.0633. The maximum Gasteiger partial charge on any atom is 0.281 e. The van der Waals surface area contributed by atoms with Crippen molar-refractivity contribution in [2.45, 2.75) is 6.43 Å². The normalized spacial score (nSPS) is 10.1. The average molecular weight is 295 g/mol. The Morgan fingerprint density at radius 2 is 2.23 bits per heavy atom. The summed E-state index contributed by atoms with van der Waals surface area (Å²) in [7, 11) is 0. The topological polar surface area (TPSA) is 62.7 Å². The van der Waals surface area contributed by atoms with Crippen LogP contribution in [0.4, 0.5) is 14.5 Å². The highest BCUT2D eigenvalue weighted by Crippen LogP contribution is 2.27. The van der Waals surface area contributed by atoms with Gasteiger partial charge >= 0.3 is 0 Å². The van der Waals surface area contributed by atoms with Crippen LogP contribution in [0.15, 0.2) is 6.20 Å². The van der Waals surface area contributed by atoms with E-state index in [0.717, 1.165) is 6.20 Å². The molecule has 0 aliphatic rings. The molecule has 1 aromatic rings. The molecule has 0 spiro atoms. The second kappa shape index (κ2) is 3.83. The van der Waals surface area contributed by atoms with Gasteiger partial charge < -0.3 is 5.73 Å². The second-order valence-electron chi connectivity index (χ2n) is 2.20. The Morgan fingerprint density at radius 1 is 1.62 bits per heavy atom. The van der Waals surface area contributed by atoms with Crippen LogP contribution in [0.5, 0.6) is 0 Å². The van der Waals surface area contributed by atoms with Gasteiger partial charge in [-0.05, 0) is 22.6 Å². The van der Waals surface area contributed by atoms with Crippen molar-refractivity contribution in [1.29, 1.82) is 5.26 Å². The van der Waals surface area contributed by atoms with Crippen molar-refractivity contribution in [3.8, 4) is 6.07 Å². The maximum atomic E-state index is 12.2. The summed E-state index contributed by atoms with van der Waals surface area (Å²) < 4.78 is 24.6. The molecule has 0 saturated carbocycles. The zero-order valence-corrected chi connectivity index (χ0v) is 8.42. The van der Waals surface area contributed by atoms with Crippen LogP contribution in [-0.4, -0.2) is 4.98 Å². The zero-order chi connectivity index (χ0) is 10.0. The van der Waals surface area contributed by atoms with Gasteiger partial charge in [0.1, 0.15) is 11.8 Å². The molecule has 2 N–H and O–H groups in total. The third-order valence-electron chi connectivity index (χ3n) is 1.41. The van der Waals surface area contributed by atoms with Crippen LogP contribution in [0.2, 0.25) is 0 Å². The number of aromatic nitrogens is 1. The van der Waals surface area contributed by atoms with Gasteiger partial charge in [0.2, 0.25) is 0 Å². The van der Waals surface area contributed by atoms with Gasteiger partial charge in [-0.2, -0.15) is 5.26 Å². The van der Waals surface area contributed by atoms with E-state index in [1.54, 1.807) is 28.7 Å². The quantitative estimate of drug-likeness (QED) is 0.807. The molecule has 0 bridgehead atoms. The first-order chi connectivity index (χ1) is 6.07. The molecular formula is C7H4F2IN3. The first-order valence-electron chi connectivity index (χ1n) is 3.20. The average Bonchev–Trinajstić information content (AvgIpc) is 2.09. The summed E-state index contributed by atoms with van der Waals surface area (Å²) in [6.07, 6.45) is -1.61. The van der Waals surface area contributed by atoms with Crippen molar-refractivity contribution in [2.24, 2.45) is 0 Å². The molecule has 3 nitrogen and oxygen atoms in total. The molecule has 1 heterocycles. The number of nitrogen functional groups attached to an aromatic ring is 1. The Bertz CT molecular complexity index is 373. The van der Waals surface area contributed by atoms with Crippen molar-refractivity contribution in [3.63, 3.8) is 0 Å². The Balaban J connectivity index is 3.33. The summed E-state index contributed by atoms with van der Waals surface area (Å²) in [5, 5.41) is 8.51. The molecule has 0 aromatic carbocycles. The molecule has 0 aliphatic heterocycles. The second-order valence-corrected chi connectivity index (χ2v) is 3.28. The minimum atomic E-state index is -2.66. The van der Waals surface area contributed by atoms with Crippen LogP contribution >= 0.6 is 22.6 Å². The Kier molecular flexibility index (Phi) is 2.98. The predicted octanol–water partition coefficient (Wildman–Crippen LogP) is 2.08. The van der Waals surface area contributed by atoms with Crippen molar-refractivity contribution in [1.82, 2.24) is 4.98 Å². The molecule has 1 rings (SSSR count). The van der Waals surface area contributed by atoms with Gasteiger partial charge in [0.25, 0.3) is 6.43 Å². The van der Waals surface area contributed by atoms with Gasteiger partial charge in [0.05, 0.1) is 14.8 Å². The molecule has 6 heteroatoms. The zero-order valence-electron chi connectivity index (χ0n) is 6.26. The number of nitrogens with two attached hydrogens (primary N) is 1. The lowest BCUT2D eigenvalue weighted by atomic mass is 10.2. The monoisotopic (exact) mass is 295 g/mol. The highest BCUT2D eigenvalue weighted by atomic mass is 127. The third kappa shape index (κ3) is 1.85. The van der Waals surface area contributed by atoms with E-state index in [-0.39, 0.29) is 20.5 Å². The van der Waals surface area contributed by atoms with Gasteiger partial charge in [-0.15, -0.1) is 0 Å². The summed E-state index contributed by atoms with van der Waals surface area (Å²) in [4.78, 5) is 3.45. The summed E-state index contributed by atoms with van der Waals surface area (Å²) in [6.45, 7) is 0. The molecule has 0 aliphatic carbocycles. The summed E-state index contributed by atoms with van der Waals surface area (Å²) in [5.41, 5.74) is 5.23. The molecule has 1 aromatic heterocycles. The van der Waals surface area contributed by atoms with Gasteiger partial charge in [0.15, 0.2) is 0 Å². The van der Waals surface area contributed by atoms with Crippen LogP contribution in [-0.2, 0) is 0 Å². The van der Waals surface area contributed by atoms with Crippen LogP contribution in [0.25, 0.3) is 0 Å². The van der Waals surface area contributed by atoms with Gasteiger partial charge in [-0.25, -0.2) is 8.78 Å². The summed E-state index contributed by atoms with van der Waals surface area (Å²) >= 11 is 1.65. The SMILES string of the molecule is N#Cc1cnc(C(F)F)c(I)c1N. The molecule has 13 heavy (non-hydrogen) atoms. The van der Waals surface area contributed by atoms with Crippen LogP contribution in [0, 0.1) is 14.9 Å². The molecule has 0 saturated heterocycles. The fourth-order valence-corrected chi connectivity index (χ4v) is 1.42. The van der Waals surface area contributed by atoms with E-state index < -0.39 is 6.43 Å². The van der Waals surface area contributed by atoms with Crippen molar-refractivity contribution < 1.29 is 8.78 Å². The molecule has 0 amide bonds. The van der Waals surface area contributed by atoms with E-state index in [2.05, 4.69) is 4.98 Å². The highest BCUT2D eigenvalue weighted by molar-refractivity contribution is 14.1. The summed E-state index contributed by atoms with van der Waals surface area (Å²) in [5.74, 6) is 0. The number of rotatable bonds is 1. The fourth-order valence-electron chi connectivity index (χ4n) is 0.758. The predicted molar refractivity (Wildman–Crippen MR) is 51.0 cm³/mol. The van der Waals surface area contributed by atoms with Gasteiger partial charge in [0, 0.05) is 6.20 Å². The number of anilines is 1. The number of hydrogen-bond acceptors (Lipinski definition) is 3. The van der Waals surface area contributed by atoms with E-state index in [9.17, 15) is 8.78 Å². The third-order valence-corrected chi connectivity index (χ3v) is 2.55. The van der Waals surface area contributed by atoms with E-state index in [4.69, 9.17) is 11.0 Å². The van der Waals surface area contributed by atoms with E-state index >= 15 is 0 Å². The number of hydrogen-bond donors (Lipinski definition) is 1. The Hall–Kier alpha value is -0.970. The van der Waals surface area contributed by atoms with Crippen LogP contribution in [0.1, 0.15) is 17.7 Å². The molecule has 0 unspecified atom stereocenters. The van der Waals surface area contributed by atoms with E-state index in [1.165, 1.54) is 0 Å². The number of halogens is 3. The number of alkyl halides is 2. The summed E-state index contributed by atoms with van der Waals surface area (Å²) in [6, 6.07) is 1.77. The van der Waals surface area contributed by atoms with Gasteiger partial charge in [-0.3, -0.25) is 4.98 Å². The lowest BCUT2D eigenvalue weighted by molar-refractivity contribution is 0.145. The standard InChI is InChI=1S/C7H4F2IN3/c8-7(9)6-4(10)5(12)3(1-11)2-13-6/h2,7H,(H2,12,13). The van der Waals surface area contributed by atoms with E-state index in [0.29, 0.717) is 0 Å². The fraction of sp³-hybridized carbons (Fsp3) is 0.143. The van der Waals surface area contributed by atoms with Gasteiger partial charge in [-0.1, -0.05) is 0 Å². The number of nitrogens with zero attached hydrogens (tertiary/aromatic N) is 2. The van der Waals surface area contributed by atoms with Crippen molar-refractivity contribution in [2.75, 3.05) is 5.73 Å². The Labute approximate surface area is 86.7 Å². The van der Waals surface area contributed by atoms with Crippen molar-refractivity contribution in [3.05, 3.63) is 21.0 Å². The smallest absolute Gasteiger partial charge is 0.281 e. The first-order valence-corrected chi connectivity index (χ1v) is 4.28. The largest absolute Gasteiger partial charge is 0.397 e. The maximum absolute atomic E-state index is 12.2. The number of pyridine rings is 1. The van der Waals surface area contributed by atoms with Crippen molar-refractivity contribution >= 4 is 28.3 Å². The van der Waals surface area contributed by atoms with Crippen LogP contribution < -0.4 is 5.73 Å². The molecule has 68 valence electrons. The van der Waals surface area contributed by atoms with Crippen LogP contribution in [0.3, 0.4) is 0 Å². The molecule has 0 fully saturated rings. The highest BCUT2D eigenvalue weighted by Gasteiger charge is 2.17. The Morgan fingerprint density at radius 3 is 2.69 bits per heavy atom.